The monoisotopic (exact) mass is 436 g/mol. The average molecular weight is 437 g/mol. The van der Waals surface area contributed by atoms with Crippen LogP contribution in [0.5, 0.6) is 0 Å². The number of benzene rings is 3. The molecule has 3 aromatic rings. The first-order valence-corrected chi connectivity index (χ1v) is 10.5. The van der Waals surface area contributed by atoms with Crippen molar-refractivity contribution in [2.75, 3.05) is 10.2 Å². The molecule has 5 nitrogen and oxygen atoms in total. The number of halogens is 1. The third-order valence-electron chi connectivity index (χ3n) is 4.62. The van der Waals surface area contributed by atoms with Crippen molar-refractivity contribution < 1.29 is 14.4 Å². The maximum atomic E-state index is 12.9. The van der Waals surface area contributed by atoms with Crippen LogP contribution in [-0.4, -0.2) is 23.0 Å². The van der Waals surface area contributed by atoms with Crippen molar-refractivity contribution >= 4 is 52.5 Å². The van der Waals surface area contributed by atoms with Gasteiger partial charge in [0, 0.05) is 22.0 Å². The molecule has 150 valence electrons. The fourth-order valence-electron chi connectivity index (χ4n) is 3.19. The van der Waals surface area contributed by atoms with E-state index >= 15 is 0 Å². The molecule has 0 spiro atoms. The first-order chi connectivity index (χ1) is 14.5. The second-order valence-electron chi connectivity index (χ2n) is 6.67. The molecule has 3 aromatic carbocycles. The van der Waals surface area contributed by atoms with Gasteiger partial charge in [-0.05, 0) is 48.5 Å². The summed E-state index contributed by atoms with van der Waals surface area (Å²) >= 11 is 7.13. The summed E-state index contributed by atoms with van der Waals surface area (Å²) in [4.78, 5) is 40.0. The molecule has 1 saturated heterocycles. The highest BCUT2D eigenvalue weighted by molar-refractivity contribution is 8.00. The van der Waals surface area contributed by atoms with Gasteiger partial charge in [-0.25, -0.2) is 4.90 Å². The number of rotatable bonds is 5. The van der Waals surface area contributed by atoms with Crippen LogP contribution < -0.4 is 10.2 Å². The Morgan fingerprint density at radius 1 is 0.933 bits per heavy atom. The Morgan fingerprint density at radius 2 is 1.60 bits per heavy atom. The normalized spacial score (nSPS) is 16.0. The van der Waals surface area contributed by atoms with Gasteiger partial charge in [-0.15, -0.1) is 11.8 Å². The summed E-state index contributed by atoms with van der Waals surface area (Å²) in [5.41, 5.74) is 1.63. The first kappa shape index (κ1) is 20.2. The highest BCUT2D eigenvalue weighted by Gasteiger charge is 2.40. The minimum Gasteiger partial charge on any atom is -0.322 e. The number of anilines is 2. The number of nitrogens with one attached hydrogen (secondary N) is 1. The molecule has 1 aliphatic rings. The van der Waals surface area contributed by atoms with Gasteiger partial charge in [-0.2, -0.15) is 0 Å². The lowest BCUT2D eigenvalue weighted by Crippen LogP contribution is -2.31. The van der Waals surface area contributed by atoms with E-state index in [9.17, 15) is 14.4 Å². The number of imide groups is 1. The fraction of sp³-hybridized carbons (Fsp3) is 0.0870. The van der Waals surface area contributed by atoms with Crippen LogP contribution >= 0.6 is 23.4 Å². The quantitative estimate of drug-likeness (QED) is 0.570. The molecule has 7 heteroatoms. The van der Waals surface area contributed by atoms with E-state index < -0.39 is 5.25 Å². The topological polar surface area (TPSA) is 66.5 Å². The molecule has 4 rings (SSSR count). The summed E-state index contributed by atoms with van der Waals surface area (Å²) in [6, 6.07) is 22.8. The molecule has 0 saturated carbocycles. The lowest BCUT2D eigenvalue weighted by molar-refractivity contribution is -0.121. The van der Waals surface area contributed by atoms with Crippen molar-refractivity contribution in [1.29, 1.82) is 0 Å². The zero-order chi connectivity index (χ0) is 21.1. The Hall–Kier alpha value is -3.09. The molecule has 3 amide bonds. The molecule has 0 radical (unpaired) electrons. The van der Waals surface area contributed by atoms with Crippen molar-refractivity contribution in [3.63, 3.8) is 0 Å². The maximum absolute atomic E-state index is 12.9. The van der Waals surface area contributed by atoms with Crippen LogP contribution in [-0.2, 0) is 9.59 Å². The van der Waals surface area contributed by atoms with Crippen LogP contribution in [0.4, 0.5) is 11.4 Å². The van der Waals surface area contributed by atoms with Gasteiger partial charge in [0.05, 0.1) is 16.5 Å². The molecular weight excluding hydrogens is 420 g/mol. The van der Waals surface area contributed by atoms with Crippen LogP contribution in [0, 0.1) is 0 Å². The zero-order valence-electron chi connectivity index (χ0n) is 15.7. The van der Waals surface area contributed by atoms with Crippen molar-refractivity contribution in [2.45, 2.75) is 16.6 Å². The van der Waals surface area contributed by atoms with Gasteiger partial charge in [-0.3, -0.25) is 14.4 Å². The molecule has 1 fully saturated rings. The maximum Gasteiger partial charge on any atom is 0.256 e. The first-order valence-electron chi connectivity index (χ1n) is 9.27. The second-order valence-corrected chi connectivity index (χ2v) is 8.35. The Labute approximate surface area is 183 Å². The molecule has 1 unspecified atom stereocenters. The van der Waals surface area contributed by atoms with E-state index in [-0.39, 0.29) is 24.1 Å². The molecule has 1 heterocycles. The number of carbonyl (C=O) groups is 3. The Bertz CT molecular complexity index is 1100. The largest absolute Gasteiger partial charge is 0.322 e. The van der Waals surface area contributed by atoms with E-state index in [2.05, 4.69) is 5.32 Å². The van der Waals surface area contributed by atoms with Gasteiger partial charge in [0.2, 0.25) is 11.8 Å². The van der Waals surface area contributed by atoms with E-state index in [4.69, 9.17) is 11.6 Å². The molecule has 30 heavy (non-hydrogen) atoms. The van der Waals surface area contributed by atoms with Crippen LogP contribution in [0.15, 0.2) is 83.8 Å². The Morgan fingerprint density at radius 3 is 2.33 bits per heavy atom. The average Bonchev–Trinajstić information content (AvgIpc) is 3.03. The molecule has 0 bridgehead atoms. The van der Waals surface area contributed by atoms with Gasteiger partial charge in [-0.1, -0.05) is 41.9 Å². The summed E-state index contributed by atoms with van der Waals surface area (Å²) in [7, 11) is 0. The number of para-hydroxylation sites is 1. The molecular formula is C23H17ClN2O3S. The predicted molar refractivity (Wildman–Crippen MR) is 119 cm³/mol. The highest BCUT2D eigenvalue weighted by Crippen LogP contribution is 2.36. The summed E-state index contributed by atoms with van der Waals surface area (Å²) < 4.78 is 0. The van der Waals surface area contributed by atoms with Crippen molar-refractivity contribution in [3.8, 4) is 0 Å². The predicted octanol–water partition coefficient (Wildman–Crippen LogP) is 5.02. The van der Waals surface area contributed by atoms with Gasteiger partial charge in [0.15, 0.2) is 0 Å². The SMILES string of the molecule is O=C(Nc1ccccc1)c1ccccc1SC1CC(=O)N(c2ccc(Cl)cc2)C1=O. The summed E-state index contributed by atoms with van der Waals surface area (Å²) in [5.74, 6) is -0.840. The molecule has 0 aromatic heterocycles. The van der Waals surface area contributed by atoms with E-state index in [1.807, 2.05) is 18.2 Å². The summed E-state index contributed by atoms with van der Waals surface area (Å²) in [5, 5.41) is 2.79. The minimum atomic E-state index is -0.598. The molecule has 1 N–H and O–H groups in total. The van der Waals surface area contributed by atoms with E-state index in [0.717, 1.165) is 0 Å². The van der Waals surface area contributed by atoms with Crippen LogP contribution in [0.25, 0.3) is 0 Å². The second kappa shape index (κ2) is 8.73. The smallest absolute Gasteiger partial charge is 0.256 e. The van der Waals surface area contributed by atoms with E-state index in [0.29, 0.717) is 26.9 Å². The van der Waals surface area contributed by atoms with E-state index in [1.54, 1.807) is 60.7 Å². The summed E-state index contributed by atoms with van der Waals surface area (Å²) in [6.45, 7) is 0. The molecule has 1 atom stereocenters. The Balaban J connectivity index is 1.53. The van der Waals surface area contributed by atoms with Crippen molar-refractivity contribution in [2.24, 2.45) is 0 Å². The lowest BCUT2D eigenvalue weighted by Gasteiger charge is -2.16. The van der Waals surface area contributed by atoms with Crippen LogP contribution in [0.2, 0.25) is 5.02 Å². The minimum absolute atomic E-state index is 0.0702. The van der Waals surface area contributed by atoms with Crippen LogP contribution in [0.1, 0.15) is 16.8 Å². The lowest BCUT2D eigenvalue weighted by atomic mass is 10.2. The van der Waals surface area contributed by atoms with Gasteiger partial charge < -0.3 is 5.32 Å². The fourth-order valence-corrected chi connectivity index (χ4v) is 4.50. The van der Waals surface area contributed by atoms with E-state index in [1.165, 1.54) is 16.7 Å². The third-order valence-corrected chi connectivity index (χ3v) is 6.14. The molecule has 0 aliphatic carbocycles. The number of hydrogen-bond acceptors (Lipinski definition) is 4. The number of amides is 3. The summed E-state index contributed by atoms with van der Waals surface area (Å²) in [6.07, 6.45) is 0.0702. The Kier molecular flexibility index (Phi) is 5.88. The number of thioether (sulfide) groups is 1. The number of nitrogens with zero attached hydrogens (tertiary/aromatic N) is 1. The third kappa shape index (κ3) is 4.25. The molecule has 1 aliphatic heterocycles. The van der Waals surface area contributed by atoms with Crippen LogP contribution in [0.3, 0.4) is 0 Å². The van der Waals surface area contributed by atoms with Crippen molar-refractivity contribution in [1.82, 2.24) is 0 Å². The standard InChI is InChI=1S/C23H17ClN2O3S/c24-15-10-12-17(13-11-15)26-21(27)14-20(23(26)29)30-19-9-5-4-8-18(19)22(28)25-16-6-2-1-3-7-16/h1-13,20H,14H2,(H,25,28). The van der Waals surface area contributed by atoms with Gasteiger partial charge in [0.25, 0.3) is 5.91 Å². The van der Waals surface area contributed by atoms with Gasteiger partial charge in [0.1, 0.15) is 0 Å². The van der Waals surface area contributed by atoms with Gasteiger partial charge >= 0.3 is 0 Å². The van der Waals surface area contributed by atoms with Crippen molar-refractivity contribution in [3.05, 3.63) is 89.4 Å². The number of hydrogen-bond donors (Lipinski definition) is 1. The zero-order valence-corrected chi connectivity index (χ0v) is 17.3. The number of carbonyl (C=O) groups excluding carboxylic acids is 3. The highest BCUT2D eigenvalue weighted by atomic mass is 35.5.